The summed E-state index contributed by atoms with van der Waals surface area (Å²) >= 11 is 0. The molecule has 0 saturated carbocycles. The molecular weight excluding hydrogens is 361 g/mol. The summed E-state index contributed by atoms with van der Waals surface area (Å²) in [4.78, 5) is 14.6. The van der Waals surface area contributed by atoms with Crippen LogP contribution in [-0.2, 0) is 11.3 Å². The molecule has 0 spiro atoms. The minimum Gasteiger partial charge on any atom is -0.491 e. The Bertz CT molecular complexity index is 778. The molecule has 6 heteroatoms. The molecule has 0 bridgehead atoms. The Hall–Kier alpha value is -2.44. The van der Waals surface area contributed by atoms with Crippen LogP contribution in [0.5, 0.6) is 5.75 Å². The number of halogens is 1. The van der Waals surface area contributed by atoms with Gasteiger partial charge in [0.25, 0.3) is 5.91 Å². The van der Waals surface area contributed by atoms with Gasteiger partial charge in [-0.1, -0.05) is 12.1 Å². The summed E-state index contributed by atoms with van der Waals surface area (Å²) in [6, 6.07) is 13.1. The highest BCUT2D eigenvalue weighted by Gasteiger charge is 2.32. The van der Waals surface area contributed by atoms with Gasteiger partial charge in [0.15, 0.2) is 0 Å². The molecule has 28 heavy (non-hydrogen) atoms. The molecule has 1 atom stereocenters. The summed E-state index contributed by atoms with van der Waals surface area (Å²) in [5, 5.41) is 10.9. The Morgan fingerprint density at radius 3 is 2.50 bits per heavy atom. The topological polar surface area (TPSA) is 59.0 Å². The number of benzene rings is 2. The molecule has 1 amide bonds. The van der Waals surface area contributed by atoms with Gasteiger partial charge in [0, 0.05) is 25.8 Å². The summed E-state index contributed by atoms with van der Waals surface area (Å²) < 4.78 is 23.7. The van der Waals surface area contributed by atoms with Crippen LogP contribution in [0.1, 0.15) is 35.2 Å². The predicted molar refractivity (Wildman–Crippen MR) is 104 cm³/mol. The highest BCUT2D eigenvalue weighted by Crippen LogP contribution is 2.25. The minimum absolute atomic E-state index is 0.0346. The minimum atomic E-state index is -1.01. The lowest BCUT2D eigenvalue weighted by Crippen LogP contribution is -2.38. The van der Waals surface area contributed by atoms with Crippen molar-refractivity contribution in [1.82, 2.24) is 4.90 Å². The number of ether oxygens (including phenoxy) is 2. The van der Waals surface area contributed by atoms with Crippen molar-refractivity contribution < 1.29 is 23.8 Å². The third-order valence-electron chi connectivity index (χ3n) is 5.04. The van der Waals surface area contributed by atoms with Crippen molar-refractivity contribution >= 4 is 5.91 Å². The molecule has 1 aliphatic heterocycles. The van der Waals surface area contributed by atoms with E-state index >= 15 is 0 Å². The fourth-order valence-corrected chi connectivity index (χ4v) is 3.37. The van der Waals surface area contributed by atoms with Crippen LogP contribution in [-0.4, -0.2) is 48.3 Å². The van der Waals surface area contributed by atoms with Gasteiger partial charge in [0.1, 0.15) is 23.8 Å². The average molecular weight is 387 g/mol. The highest BCUT2D eigenvalue weighted by molar-refractivity contribution is 5.94. The molecule has 5 nitrogen and oxygen atoms in total. The fourth-order valence-electron chi connectivity index (χ4n) is 3.37. The van der Waals surface area contributed by atoms with Crippen molar-refractivity contribution in [3.05, 3.63) is 65.5 Å². The fraction of sp³-hybridized carbons (Fsp3) is 0.409. The van der Waals surface area contributed by atoms with E-state index in [9.17, 15) is 14.3 Å². The molecule has 0 aliphatic carbocycles. The van der Waals surface area contributed by atoms with Crippen molar-refractivity contribution in [1.29, 1.82) is 0 Å². The zero-order chi connectivity index (χ0) is 20.0. The van der Waals surface area contributed by atoms with Gasteiger partial charge in [-0.2, -0.15) is 0 Å². The van der Waals surface area contributed by atoms with E-state index in [1.807, 2.05) is 24.3 Å². The second kappa shape index (κ2) is 9.17. The van der Waals surface area contributed by atoms with Crippen LogP contribution in [0.15, 0.2) is 48.5 Å². The second-order valence-corrected chi connectivity index (χ2v) is 7.24. The molecule has 1 saturated heterocycles. The smallest absolute Gasteiger partial charge is 0.253 e. The van der Waals surface area contributed by atoms with E-state index < -0.39 is 5.60 Å². The van der Waals surface area contributed by atoms with E-state index in [4.69, 9.17) is 9.47 Å². The SMILES string of the molecule is COCc1ccc(C(=O)N2CCCC(O)(COc3ccc(F)cc3)CC2)cc1. The zero-order valence-electron chi connectivity index (χ0n) is 16.1. The summed E-state index contributed by atoms with van der Waals surface area (Å²) in [5.74, 6) is 0.153. The van der Waals surface area contributed by atoms with Crippen LogP contribution in [0.4, 0.5) is 4.39 Å². The second-order valence-electron chi connectivity index (χ2n) is 7.24. The van der Waals surface area contributed by atoms with Crippen LogP contribution in [0, 0.1) is 5.82 Å². The van der Waals surface area contributed by atoms with E-state index in [-0.39, 0.29) is 18.3 Å². The molecule has 1 heterocycles. The van der Waals surface area contributed by atoms with Crippen LogP contribution in [0.3, 0.4) is 0 Å². The van der Waals surface area contributed by atoms with Crippen LogP contribution in [0.2, 0.25) is 0 Å². The van der Waals surface area contributed by atoms with Gasteiger partial charge in [-0.25, -0.2) is 4.39 Å². The van der Waals surface area contributed by atoms with Gasteiger partial charge in [0.05, 0.1) is 6.61 Å². The monoisotopic (exact) mass is 387 g/mol. The first-order chi connectivity index (χ1) is 13.5. The van der Waals surface area contributed by atoms with Crippen LogP contribution >= 0.6 is 0 Å². The van der Waals surface area contributed by atoms with Crippen LogP contribution in [0.25, 0.3) is 0 Å². The van der Waals surface area contributed by atoms with Gasteiger partial charge in [-0.15, -0.1) is 0 Å². The van der Waals surface area contributed by atoms with E-state index in [0.29, 0.717) is 50.3 Å². The number of carbonyl (C=O) groups is 1. The molecule has 0 aromatic heterocycles. The number of carbonyl (C=O) groups excluding carboxylic acids is 1. The van der Waals surface area contributed by atoms with Crippen molar-refractivity contribution in [2.24, 2.45) is 0 Å². The number of amides is 1. The standard InChI is InChI=1S/C22H26FNO4/c1-27-15-17-3-5-18(6-4-17)21(25)24-13-2-11-22(26,12-14-24)16-28-20-9-7-19(23)8-10-20/h3-10,26H,2,11-16H2,1H3. The van der Waals surface area contributed by atoms with E-state index in [2.05, 4.69) is 0 Å². The molecular formula is C22H26FNO4. The molecule has 150 valence electrons. The van der Waals surface area contributed by atoms with Crippen molar-refractivity contribution in [3.8, 4) is 5.75 Å². The highest BCUT2D eigenvalue weighted by atomic mass is 19.1. The zero-order valence-corrected chi connectivity index (χ0v) is 16.1. The van der Waals surface area contributed by atoms with Gasteiger partial charge in [-0.05, 0) is 61.2 Å². The molecule has 2 aromatic carbocycles. The summed E-state index contributed by atoms with van der Waals surface area (Å²) in [6.45, 7) is 1.69. The Balaban J connectivity index is 1.57. The summed E-state index contributed by atoms with van der Waals surface area (Å²) in [5.41, 5.74) is 0.640. The molecule has 2 aromatic rings. The third kappa shape index (κ3) is 5.30. The maximum absolute atomic E-state index is 13.0. The Kier molecular flexibility index (Phi) is 6.65. The predicted octanol–water partition coefficient (Wildman–Crippen LogP) is 3.41. The maximum Gasteiger partial charge on any atom is 0.253 e. The van der Waals surface area contributed by atoms with Gasteiger partial charge in [0.2, 0.25) is 0 Å². The number of hydrogen-bond acceptors (Lipinski definition) is 4. The lowest BCUT2D eigenvalue weighted by molar-refractivity contribution is -0.0163. The third-order valence-corrected chi connectivity index (χ3v) is 5.04. The molecule has 3 rings (SSSR count). The quantitative estimate of drug-likeness (QED) is 0.825. The first-order valence-corrected chi connectivity index (χ1v) is 9.47. The van der Waals surface area contributed by atoms with E-state index in [1.54, 1.807) is 24.1 Å². The van der Waals surface area contributed by atoms with Crippen molar-refractivity contribution in [2.75, 3.05) is 26.8 Å². The van der Waals surface area contributed by atoms with Crippen molar-refractivity contribution in [2.45, 2.75) is 31.5 Å². The van der Waals surface area contributed by atoms with Gasteiger partial charge < -0.3 is 19.5 Å². The van der Waals surface area contributed by atoms with Gasteiger partial charge in [-0.3, -0.25) is 4.79 Å². The number of likely N-dealkylation sites (tertiary alicyclic amines) is 1. The molecule has 1 fully saturated rings. The molecule has 0 radical (unpaired) electrons. The lowest BCUT2D eigenvalue weighted by atomic mass is 9.96. The first kappa shape index (κ1) is 20.3. The molecule has 1 aliphatic rings. The Morgan fingerprint density at radius 2 is 1.82 bits per heavy atom. The Labute approximate surface area is 164 Å². The molecule has 1 unspecified atom stereocenters. The van der Waals surface area contributed by atoms with E-state index in [0.717, 1.165) is 5.56 Å². The largest absolute Gasteiger partial charge is 0.491 e. The van der Waals surface area contributed by atoms with Crippen LogP contribution < -0.4 is 4.74 Å². The maximum atomic E-state index is 13.0. The van der Waals surface area contributed by atoms with Crippen molar-refractivity contribution in [3.63, 3.8) is 0 Å². The number of hydrogen-bond donors (Lipinski definition) is 1. The number of nitrogens with zero attached hydrogens (tertiary/aromatic N) is 1. The van der Waals surface area contributed by atoms with Gasteiger partial charge >= 0.3 is 0 Å². The summed E-state index contributed by atoms with van der Waals surface area (Å²) in [6.07, 6.45) is 1.67. The van der Waals surface area contributed by atoms with E-state index in [1.165, 1.54) is 12.1 Å². The number of rotatable bonds is 6. The average Bonchev–Trinajstić information content (AvgIpc) is 2.90. The normalized spacial score (nSPS) is 19.9. The lowest BCUT2D eigenvalue weighted by Gasteiger charge is -2.27. The number of aliphatic hydroxyl groups is 1. The molecule has 1 N–H and O–H groups in total. The summed E-state index contributed by atoms with van der Waals surface area (Å²) in [7, 11) is 1.64. The number of methoxy groups -OCH3 is 1. The Morgan fingerprint density at radius 1 is 1.11 bits per heavy atom. The first-order valence-electron chi connectivity index (χ1n) is 9.47.